The van der Waals surface area contributed by atoms with Crippen molar-refractivity contribution in [3.05, 3.63) is 61.6 Å². The Balaban J connectivity index is 2.36. The SMILES string of the molecule is COc1ccc(Cn2cc(Cl)c(=O)[nH]c2=O)cc1F. The fourth-order valence-electron chi connectivity index (χ4n) is 1.61. The summed E-state index contributed by atoms with van der Waals surface area (Å²) < 4.78 is 19.5. The van der Waals surface area contributed by atoms with Crippen LogP contribution in [-0.2, 0) is 6.54 Å². The van der Waals surface area contributed by atoms with Crippen LogP contribution in [0.5, 0.6) is 5.75 Å². The third kappa shape index (κ3) is 2.85. The van der Waals surface area contributed by atoms with Gasteiger partial charge in [-0.15, -0.1) is 0 Å². The van der Waals surface area contributed by atoms with Gasteiger partial charge in [0.2, 0.25) is 0 Å². The molecule has 5 nitrogen and oxygen atoms in total. The zero-order valence-corrected chi connectivity index (χ0v) is 10.7. The zero-order valence-electron chi connectivity index (χ0n) is 9.94. The number of rotatable bonds is 3. The number of aromatic nitrogens is 2. The molecule has 100 valence electrons. The highest BCUT2D eigenvalue weighted by atomic mass is 35.5. The highest BCUT2D eigenvalue weighted by Gasteiger charge is 2.06. The van der Waals surface area contributed by atoms with Crippen molar-refractivity contribution in [3.8, 4) is 5.75 Å². The summed E-state index contributed by atoms with van der Waals surface area (Å²) in [5.74, 6) is -0.404. The van der Waals surface area contributed by atoms with E-state index >= 15 is 0 Å². The van der Waals surface area contributed by atoms with Crippen molar-refractivity contribution in [2.45, 2.75) is 6.54 Å². The van der Waals surface area contributed by atoms with E-state index in [9.17, 15) is 14.0 Å². The molecule has 2 aromatic rings. The Morgan fingerprint density at radius 3 is 2.79 bits per heavy atom. The molecule has 0 aliphatic heterocycles. The lowest BCUT2D eigenvalue weighted by Gasteiger charge is -2.07. The van der Waals surface area contributed by atoms with Crippen molar-refractivity contribution >= 4 is 11.6 Å². The smallest absolute Gasteiger partial charge is 0.328 e. The summed E-state index contributed by atoms with van der Waals surface area (Å²) in [7, 11) is 1.37. The Bertz CT molecular complexity index is 724. The fraction of sp³-hybridized carbons (Fsp3) is 0.167. The van der Waals surface area contributed by atoms with Crippen molar-refractivity contribution in [2.75, 3.05) is 7.11 Å². The number of hydrogen-bond acceptors (Lipinski definition) is 3. The fourth-order valence-corrected chi connectivity index (χ4v) is 1.77. The number of aromatic amines is 1. The van der Waals surface area contributed by atoms with Gasteiger partial charge in [0.05, 0.1) is 13.7 Å². The number of nitrogens with one attached hydrogen (secondary N) is 1. The third-order valence-electron chi connectivity index (χ3n) is 2.54. The van der Waals surface area contributed by atoms with Gasteiger partial charge in [-0.25, -0.2) is 9.18 Å². The maximum atomic E-state index is 13.5. The van der Waals surface area contributed by atoms with Gasteiger partial charge < -0.3 is 4.74 Å². The summed E-state index contributed by atoms with van der Waals surface area (Å²) in [6, 6.07) is 4.33. The van der Waals surface area contributed by atoms with Crippen LogP contribution < -0.4 is 16.0 Å². The molecule has 0 bridgehead atoms. The van der Waals surface area contributed by atoms with Crippen LogP contribution in [0.25, 0.3) is 0 Å². The van der Waals surface area contributed by atoms with Gasteiger partial charge >= 0.3 is 5.69 Å². The molecule has 0 radical (unpaired) electrons. The molecule has 0 aliphatic rings. The predicted octanol–water partition coefficient (Wildman–Crippen LogP) is 1.39. The van der Waals surface area contributed by atoms with E-state index in [1.54, 1.807) is 6.07 Å². The summed E-state index contributed by atoms with van der Waals surface area (Å²) in [4.78, 5) is 24.7. The van der Waals surface area contributed by atoms with Crippen molar-refractivity contribution in [1.29, 1.82) is 0 Å². The van der Waals surface area contributed by atoms with Crippen molar-refractivity contribution in [1.82, 2.24) is 9.55 Å². The molecule has 0 saturated heterocycles. The molecule has 19 heavy (non-hydrogen) atoms. The molecule has 0 spiro atoms. The number of H-pyrrole nitrogens is 1. The molecular formula is C12H10ClFN2O3. The van der Waals surface area contributed by atoms with E-state index in [0.717, 1.165) is 0 Å². The van der Waals surface area contributed by atoms with E-state index in [0.29, 0.717) is 5.56 Å². The topological polar surface area (TPSA) is 64.1 Å². The monoisotopic (exact) mass is 284 g/mol. The number of hydrogen-bond donors (Lipinski definition) is 1. The minimum absolute atomic E-state index is 0.0935. The van der Waals surface area contributed by atoms with E-state index in [1.807, 2.05) is 0 Å². The van der Waals surface area contributed by atoms with Gasteiger partial charge in [0.1, 0.15) is 5.02 Å². The number of benzene rings is 1. The largest absolute Gasteiger partial charge is 0.494 e. The first kappa shape index (κ1) is 13.4. The lowest BCUT2D eigenvalue weighted by Crippen LogP contribution is -2.29. The van der Waals surface area contributed by atoms with Gasteiger partial charge in [-0.2, -0.15) is 0 Å². The molecule has 0 unspecified atom stereocenters. The maximum absolute atomic E-state index is 13.5. The number of methoxy groups -OCH3 is 1. The molecule has 1 aromatic carbocycles. The lowest BCUT2D eigenvalue weighted by molar-refractivity contribution is 0.386. The number of nitrogens with zero attached hydrogens (tertiary/aromatic N) is 1. The van der Waals surface area contributed by atoms with E-state index in [1.165, 1.54) is 30.0 Å². The van der Waals surface area contributed by atoms with Crippen LogP contribution >= 0.6 is 11.6 Å². The van der Waals surface area contributed by atoms with E-state index in [2.05, 4.69) is 4.98 Å². The van der Waals surface area contributed by atoms with Crippen molar-refractivity contribution < 1.29 is 9.13 Å². The Kier molecular flexibility index (Phi) is 3.71. The maximum Gasteiger partial charge on any atom is 0.328 e. The molecule has 7 heteroatoms. The average Bonchev–Trinajstić information content (AvgIpc) is 2.36. The molecule has 1 heterocycles. The molecule has 0 aliphatic carbocycles. The van der Waals surface area contributed by atoms with Crippen LogP contribution in [0.4, 0.5) is 4.39 Å². The second kappa shape index (κ2) is 5.27. The van der Waals surface area contributed by atoms with Crippen LogP contribution in [0.2, 0.25) is 5.02 Å². The Morgan fingerprint density at radius 2 is 2.16 bits per heavy atom. The minimum Gasteiger partial charge on any atom is -0.494 e. The predicted molar refractivity (Wildman–Crippen MR) is 68.4 cm³/mol. The third-order valence-corrected chi connectivity index (χ3v) is 2.81. The molecular weight excluding hydrogens is 275 g/mol. The summed E-state index contributed by atoms with van der Waals surface area (Å²) in [5.41, 5.74) is -0.710. The Labute approximate surface area is 112 Å². The zero-order chi connectivity index (χ0) is 14.0. The van der Waals surface area contributed by atoms with Crippen LogP contribution in [-0.4, -0.2) is 16.7 Å². The van der Waals surface area contributed by atoms with Gasteiger partial charge in [-0.05, 0) is 17.7 Å². The van der Waals surface area contributed by atoms with Crippen LogP contribution in [0.3, 0.4) is 0 Å². The molecule has 0 atom stereocenters. The summed E-state index contributed by atoms with van der Waals surface area (Å²) >= 11 is 5.63. The molecule has 0 fully saturated rings. The number of ether oxygens (including phenoxy) is 1. The quantitative estimate of drug-likeness (QED) is 0.926. The van der Waals surface area contributed by atoms with E-state index < -0.39 is 17.1 Å². The first-order valence-corrected chi connectivity index (χ1v) is 5.70. The normalized spacial score (nSPS) is 10.5. The first-order valence-electron chi connectivity index (χ1n) is 5.33. The van der Waals surface area contributed by atoms with Crippen LogP contribution in [0.1, 0.15) is 5.56 Å². The molecule has 0 saturated carbocycles. The van der Waals surface area contributed by atoms with Gasteiger partial charge in [-0.1, -0.05) is 17.7 Å². The second-order valence-electron chi connectivity index (χ2n) is 3.83. The van der Waals surface area contributed by atoms with Gasteiger partial charge in [0.15, 0.2) is 11.6 Å². The minimum atomic E-state index is -0.649. The highest BCUT2D eigenvalue weighted by molar-refractivity contribution is 6.30. The van der Waals surface area contributed by atoms with E-state index in [-0.39, 0.29) is 17.3 Å². The first-order chi connectivity index (χ1) is 9.01. The molecule has 0 amide bonds. The van der Waals surface area contributed by atoms with Crippen molar-refractivity contribution in [2.24, 2.45) is 0 Å². The van der Waals surface area contributed by atoms with Crippen LogP contribution in [0, 0.1) is 5.82 Å². The second-order valence-corrected chi connectivity index (χ2v) is 4.24. The summed E-state index contributed by atoms with van der Waals surface area (Å²) in [5, 5.41) is -0.103. The number of halogens is 2. The lowest BCUT2D eigenvalue weighted by atomic mass is 10.2. The molecule has 1 N–H and O–H groups in total. The van der Waals surface area contributed by atoms with Gasteiger partial charge in [-0.3, -0.25) is 14.3 Å². The molecule has 2 rings (SSSR count). The summed E-state index contributed by atoms with van der Waals surface area (Å²) in [6.07, 6.45) is 1.21. The Hall–Kier alpha value is -2.08. The van der Waals surface area contributed by atoms with Crippen LogP contribution in [0.15, 0.2) is 34.0 Å². The van der Waals surface area contributed by atoms with E-state index in [4.69, 9.17) is 16.3 Å². The standard InChI is InChI=1S/C12H10ClFN2O3/c1-19-10-3-2-7(4-9(10)14)5-16-6-8(13)11(17)15-12(16)18/h2-4,6H,5H2,1H3,(H,15,17,18). The highest BCUT2D eigenvalue weighted by Crippen LogP contribution is 2.18. The van der Waals surface area contributed by atoms with Crippen molar-refractivity contribution in [3.63, 3.8) is 0 Å². The summed E-state index contributed by atoms with van der Waals surface area (Å²) in [6.45, 7) is 0.0935. The average molecular weight is 285 g/mol. The Morgan fingerprint density at radius 1 is 1.42 bits per heavy atom. The van der Waals surface area contributed by atoms with Gasteiger partial charge in [0.25, 0.3) is 5.56 Å². The molecule has 1 aromatic heterocycles. The van der Waals surface area contributed by atoms with Gasteiger partial charge in [0, 0.05) is 6.20 Å².